The van der Waals surface area contributed by atoms with Crippen molar-refractivity contribution in [2.75, 3.05) is 17.2 Å². The number of nitrogens with zero attached hydrogens (tertiary/aromatic N) is 5. The predicted molar refractivity (Wildman–Crippen MR) is 131 cm³/mol. The van der Waals surface area contributed by atoms with Gasteiger partial charge in [-0.05, 0) is 65.5 Å². The molecule has 0 spiro atoms. The third-order valence-corrected chi connectivity index (χ3v) is 7.00. The number of carbonyl (C=O) groups is 1. The average molecular weight is 475 g/mol. The van der Waals surface area contributed by atoms with Crippen molar-refractivity contribution in [2.24, 2.45) is 15.1 Å². The topological polar surface area (TPSA) is 102 Å². The van der Waals surface area contributed by atoms with Gasteiger partial charge in [0.05, 0.1) is 30.3 Å². The van der Waals surface area contributed by atoms with Crippen molar-refractivity contribution in [2.45, 2.75) is 37.8 Å². The zero-order chi connectivity index (χ0) is 24.4. The molecule has 1 amide bonds. The van der Waals surface area contributed by atoms with E-state index in [9.17, 15) is 14.3 Å². The van der Waals surface area contributed by atoms with E-state index < -0.39 is 11.5 Å². The molecule has 4 aliphatic heterocycles. The summed E-state index contributed by atoms with van der Waals surface area (Å²) < 4.78 is 13.9. The van der Waals surface area contributed by atoms with Crippen molar-refractivity contribution in [1.82, 2.24) is 5.01 Å². The Morgan fingerprint density at radius 3 is 2.94 bits per heavy atom. The SMILES string of the molecule is CC1(C)C(=O)Nc2cc(NC3=N[N+]4(N5C[C@H](O)C[C@@H]5c5cccc(F)c5)C=CN=CC4=N3)ccc21. The molecule has 0 bridgehead atoms. The van der Waals surface area contributed by atoms with Gasteiger partial charge >= 0.3 is 5.84 Å². The van der Waals surface area contributed by atoms with E-state index in [-0.39, 0.29) is 22.5 Å². The Morgan fingerprint density at radius 1 is 1.26 bits per heavy atom. The Labute approximate surface area is 201 Å². The molecule has 0 saturated carbocycles. The molecule has 1 unspecified atom stereocenters. The van der Waals surface area contributed by atoms with E-state index in [1.165, 1.54) is 12.1 Å². The Bertz CT molecular complexity index is 1370. The van der Waals surface area contributed by atoms with Crippen LogP contribution in [-0.2, 0) is 10.2 Å². The van der Waals surface area contributed by atoms with Crippen LogP contribution in [0.25, 0.3) is 0 Å². The number of aliphatic imine (C=N–C) groups is 2. The van der Waals surface area contributed by atoms with Crippen LogP contribution in [0.5, 0.6) is 0 Å². The molecule has 1 fully saturated rings. The van der Waals surface area contributed by atoms with Gasteiger partial charge in [0.15, 0.2) is 6.20 Å². The zero-order valence-corrected chi connectivity index (χ0v) is 19.3. The summed E-state index contributed by atoms with van der Waals surface area (Å²) >= 11 is 0. The Kier molecular flexibility index (Phi) is 4.75. The second-order valence-electron chi connectivity index (χ2n) is 9.67. The number of guanidine groups is 1. The first-order valence-corrected chi connectivity index (χ1v) is 11.5. The fourth-order valence-electron chi connectivity index (χ4n) is 5.15. The summed E-state index contributed by atoms with van der Waals surface area (Å²) in [5.41, 5.74) is 2.60. The Morgan fingerprint density at radius 2 is 2.11 bits per heavy atom. The van der Waals surface area contributed by atoms with Crippen LogP contribution in [0.1, 0.15) is 37.4 Å². The van der Waals surface area contributed by atoms with E-state index >= 15 is 0 Å². The van der Waals surface area contributed by atoms with E-state index in [2.05, 4.69) is 20.6 Å². The molecule has 4 heterocycles. The minimum atomic E-state index is -0.597. The van der Waals surface area contributed by atoms with Gasteiger partial charge in [0.2, 0.25) is 5.91 Å². The second-order valence-corrected chi connectivity index (χ2v) is 9.67. The highest BCUT2D eigenvalue weighted by Gasteiger charge is 2.53. The zero-order valence-electron chi connectivity index (χ0n) is 19.3. The number of fused-ring (bicyclic) bond motifs is 2. The molecular formula is C25H25FN7O2+. The molecule has 0 radical (unpaired) electrons. The number of rotatable bonds is 3. The summed E-state index contributed by atoms with van der Waals surface area (Å²) in [4.78, 5) is 21.2. The highest BCUT2D eigenvalue weighted by Crippen LogP contribution is 2.41. The molecule has 178 valence electrons. The fourth-order valence-corrected chi connectivity index (χ4v) is 5.15. The van der Waals surface area contributed by atoms with Crippen LogP contribution in [0, 0.1) is 5.82 Å². The molecule has 3 atom stereocenters. The number of aliphatic hydroxyl groups is 1. The lowest BCUT2D eigenvalue weighted by Crippen LogP contribution is -2.56. The van der Waals surface area contributed by atoms with Gasteiger partial charge in [0, 0.05) is 11.4 Å². The van der Waals surface area contributed by atoms with Gasteiger partial charge in [-0.15, -0.1) is 10.0 Å². The van der Waals surface area contributed by atoms with Crippen LogP contribution in [0.4, 0.5) is 15.8 Å². The third-order valence-electron chi connectivity index (χ3n) is 7.00. The summed E-state index contributed by atoms with van der Waals surface area (Å²) in [5.74, 6) is 0.553. The van der Waals surface area contributed by atoms with Crippen LogP contribution >= 0.6 is 0 Å². The van der Waals surface area contributed by atoms with Crippen LogP contribution in [0.3, 0.4) is 0 Å². The summed E-state index contributed by atoms with van der Waals surface area (Å²) in [6.45, 7) is 4.12. The Hall–Kier alpha value is -3.73. The standard InChI is InChI=1S/C25H24FN7O2/c1-25(2)19-7-6-17(11-20(19)29-23(25)35)28-24-30-22-13-27-8-9-33(22,31-24)32-14-18(34)12-21(32)15-4-3-5-16(26)10-15/h3-11,13,18,21,34H,12,14H2,1-2H3,(H-,28,29,31,35)/p+1/t18-,21-,33?/m1/s1. The van der Waals surface area contributed by atoms with Gasteiger partial charge in [-0.1, -0.05) is 18.2 Å². The summed E-state index contributed by atoms with van der Waals surface area (Å²) in [5, 5.41) is 23.6. The van der Waals surface area contributed by atoms with Gasteiger partial charge in [-0.3, -0.25) is 9.79 Å². The maximum atomic E-state index is 14.0. The molecule has 9 nitrogen and oxygen atoms in total. The van der Waals surface area contributed by atoms with Crippen molar-refractivity contribution in [3.63, 3.8) is 0 Å². The summed E-state index contributed by atoms with van der Waals surface area (Å²) in [6, 6.07) is 11.8. The lowest BCUT2D eigenvalue weighted by atomic mass is 9.86. The number of nitrogens with one attached hydrogen (secondary N) is 2. The van der Waals surface area contributed by atoms with Gasteiger partial charge in [0.1, 0.15) is 12.0 Å². The number of β-amino-alcohol motifs (C(OH)–C–C–N with tert-alkyl or cyclic N) is 1. The smallest absolute Gasteiger partial charge is 0.301 e. The van der Waals surface area contributed by atoms with Crippen LogP contribution in [-0.4, -0.2) is 51.4 Å². The second kappa shape index (κ2) is 7.64. The van der Waals surface area contributed by atoms with Crippen molar-refractivity contribution < 1.29 is 19.0 Å². The number of amides is 1. The van der Waals surface area contributed by atoms with E-state index in [1.54, 1.807) is 24.7 Å². The van der Waals surface area contributed by atoms with Gasteiger partial charge in [0.25, 0.3) is 5.96 Å². The molecular weight excluding hydrogens is 449 g/mol. The lowest BCUT2D eigenvalue weighted by Gasteiger charge is -2.35. The number of hydrogen-bond donors (Lipinski definition) is 3. The first-order chi connectivity index (χ1) is 16.8. The van der Waals surface area contributed by atoms with Crippen molar-refractivity contribution in [3.8, 4) is 0 Å². The first-order valence-electron chi connectivity index (χ1n) is 11.5. The van der Waals surface area contributed by atoms with Gasteiger partial charge in [-0.25, -0.2) is 4.39 Å². The van der Waals surface area contributed by atoms with E-state index in [1.807, 2.05) is 43.1 Å². The number of amidine groups is 1. The fraction of sp³-hybridized carbons (Fsp3) is 0.280. The Balaban J connectivity index is 1.35. The number of anilines is 2. The predicted octanol–water partition coefficient (Wildman–Crippen LogP) is 3.25. The highest BCUT2D eigenvalue weighted by atomic mass is 19.1. The largest absolute Gasteiger partial charge is 0.391 e. The van der Waals surface area contributed by atoms with Crippen LogP contribution in [0.15, 0.2) is 70.0 Å². The van der Waals surface area contributed by atoms with E-state index in [4.69, 9.17) is 5.10 Å². The summed E-state index contributed by atoms with van der Waals surface area (Å²) in [6.07, 6.45) is 4.92. The molecule has 4 aliphatic rings. The minimum absolute atomic E-state index is 0.0398. The van der Waals surface area contributed by atoms with Gasteiger partial charge < -0.3 is 15.7 Å². The molecule has 2 aromatic rings. The van der Waals surface area contributed by atoms with Gasteiger partial charge in [-0.2, -0.15) is 0 Å². The molecule has 2 aromatic carbocycles. The van der Waals surface area contributed by atoms with Crippen LogP contribution in [0.2, 0.25) is 0 Å². The van der Waals surface area contributed by atoms with Crippen molar-refractivity contribution in [3.05, 3.63) is 71.8 Å². The molecule has 1 saturated heterocycles. The molecule has 35 heavy (non-hydrogen) atoms. The number of halogens is 1. The van der Waals surface area contributed by atoms with E-state index in [0.717, 1.165) is 22.5 Å². The maximum absolute atomic E-state index is 14.0. The maximum Gasteiger partial charge on any atom is 0.301 e. The monoisotopic (exact) mass is 474 g/mol. The minimum Gasteiger partial charge on any atom is -0.391 e. The summed E-state index contributed by atoms with van der Waals surface area (Å²) in [7, 11) is 0. The quantitative estimate of drug-likeness (QED) is 0.595. The molecule has 0 aliphatic carbocycles. The number of aliphatic hydroxyl groups excluding tert-OH is 1. The number of carbonyl (C=O) groups excluding carboxylic acids is 1. The normalized spacial score (nSPS) is 28.4. The van der Waals surface area contributed by atoms with Crippen molar-refractivity contribution in [1.29, 1.82) is 0 Å². The number of quaternary nitrogens is 1. The molecule has 10 heteroatoms. The number of benzene rings is 2. The lowest BCUT2D eigenvalue weighted by molar-refractivity contribution is -0.921. The van der Waals surface area contributed by atoms with E-state index in [0.29, 0.717) is 24.8 Å². The molecule has 3 N–H and O–H groups in total. The number of hydrogen-bond acceptors (Lipinski definition) is 7. The third kappa shape index (κ3) is 3.41. The molecule has 0 aromatic heterocycles. The van der Waals surface area contributed by atoms with Crippen LogP contribution < -0.4 is 10.6 Å². The molecule has 6 rings (SSSR count). The average Bonchev–Trinajstić information content (AvgIpc) is 3.46. The van der Waals surface area contributed by atoms with Crippen molar-refractivity contribution >= 4 is 35.3 Å². The first kappa shape index (κ1) is 21.8. The highest BCUT2D eigenvalue weighted by molar-refractivity contribution is 6.30.